The number of aryl methyl sites for hydroxylation is 1. The van der Waals surface area contributed by atoms with Gasteiger partial charge in [-0.15, -0.1) is 0 Å². The second-order valence-electron chi connectivity index (χ2n) is 5.48. The predicted octanol–water partition coefficient (Wildman–Crippen LogP) is 3.89. The molecular formula is C15H18N2O2. The van der Waals surface area contributed by atoms with Crippen molar-refractivity contribution >= 4 is 22.6 Å². The average Bonchev–Trinajstić information content (AvgIpc) is 2.28. The van der Waals surface area contributed by atoms with E-state index in [1.54, 1.807) is 12.4 Å². The molecule has 1 heterocycles. The molecule has 1 amide bonds. The highest BCUT2D eigenvalue weighted by atomic mass is 16.6. The number of benzene rings is 1. The standard InChI is InChI=1S/C15H18N2O2/c1-10-6-5-7-11-12(10)8-16-9-13(11)17-14(18)19-15(2,3)4/h5-9H,1-4H3,(H,17,18). The summed E-state index contributed by atoms with van der Waals surface area (Å²) in [6, 6.07) is 5.93. The van der Waals surface area contributed by atoms with Gasteiger partial charge in [0, 0.05) is 17.0 Å². The molecular weight excluding hydrogens is 240 g/mol. The maximum absolute atomic E-state index is 11.8. The van der Waals surface area contributed by atoms with Gasteiger partial charge in [-0.05, 0) is 33.3 Å². The van der Waals surface area contributed by atoms with E-state index in [9.17, 15) is 4.79 Å². The number of hydrogen-bond acceptors (Lipinski definition) is 3. The van der Waals surface area contributed by atoms with E-state index in [0.717, 1.165) is 16.3 Å². The van der Waals surface area contributed by atoms with E-state index in [1.807, 2.05) is 45.9 Å². The summed E-state index contributed by atoms with van der Waals surface area (Å²) in [5.74, 6) is 0. The summed E-state index contributed by atoms with van der Waals surface area (Å²) >= 11 is 0. The Bertz CT molecular complexity index is 615. The van der Waals surface area contributed by atoms with Crippen molar-refractivity contribution in [2.75, 3.05) is 5.32 Å². The van der Waals surface area contributed by atoms with Crippen LogP contribution in [0.15, 0.2) is 30.6 Å². The molecule has 2 rings (SSSR count). The van der Waals surface area contributed by atoms with Gasteiger partial charge in [0.2, 0.25) is 0 Å². The van der Waals surface area contributed by atoms with Crippen molar-refractivity contribution in [3.63, 3.8) is 0 Å². The lowest BCUT2D eigenvalue weighted by molar-refractivity contribution is 0.0636. The van der Waals surface area contributed by atoms with Crippen LogP contribution >= 0.6 is 0 Å². The summed E-state index contributed by atoms with van der Waals surface area (Å²) in [6.07, 6.45) is 2.96. The Kier molecular flexibility index (Phi) is 3.42. The van der Waals surface area contributed by atoms with Crippen LogP contribution in [0.25, 0.3) is 10.8 Å². The molecule has 0 unspecified atom stereocenters. The Morgan fingerprint density at radius 3 is 2.63 bits per heavy atom. The number of ether oxygens (including phenoxy) is 1. The fourth-order valence-corrected chi connectivity index (χ4v) is 1.86. The summed E-state index contributed by atoms with van der Waals surface area (Å²) < 4.78 is 5.24. The van der Waals surface area contributed by atoms with E-state index in [-0.39, 0.29) is 0 Å². The zero-order valence-corrected chi connectivity index (χ0v) is 11.7. The van der Waals surface area contributed by atoms with Crippen LogP contribution in [0.5, 0.6) is 0 Å². The van der Waals surface area contributed by atoms with Gasteiger partial charge in [0.05, 0.1) is 11.9 Å². The lowest BCUT2D eigenvalue weighted by Gasteiger charge is -2.20. The van der Waals surface area contributed by atoms with Crippen LogP contribution in [-0.2, 0) is 4.74 Å². The molecule has 4 heteroatoms. The fraction of sp³-hybridized carbons (Fsp3) is 0.333. The second kappa shape index (κ2) is 4.88. The van der Waals surface area contributed by atoms with Gasteiger partial charge in [-0.2, -0.15) is 0 Å². The maximum Gasteiger partial charge on any atom is 0.412 e. The third kappa shape index (κ3) is 3.22. The first-order valence-corrected chi connectivity index (χ1v) is 6.20. The molecule has 4 nitrogen and oxygen atoms in total. The third-order valence-corrected chi connectivity index (χ3v) is 2.66. The molecule has 19 heavy (non-hydrogen) atoms. The number of carbonyl (C=O) groups is 1. The Morgan fingerprint density at radius 2 is 1.95 bits per heavy atom. The third-order valence-electron chi connectivity index (χ3n) is 2.66. The Balaban J connectivity index is 2.31. The van der Waals surface area contributed by atoms with E-state index < -0.39 is 11.7 Å². The zero-order valence-electron chi connectivity index (χ0n) is 11.7. The molecule has 0 aliphatic carbocycles. The summed E-state index contributed by atoms with van der Waals surface area (Å²) in [7, 11) is 0. The molecule has 0 aliphatic heterocycles. The monoisotopic (exact) mass is 258 g/mol. The number of rotatable bonds is 1. The molecule has 1 aromatic carbocycles. The second-order valence-corrected chi connectivity index (χ2v) is 5.48. The number of hydrogen-bond donors (Lipinski definition) is 1. The number of amides is 1. The first-order chi connectivity index (χ1) is 8.87. The molecule has 0 fully saturated rings. The van der Waals surface area contributed by atoms with Gasteiger partial charge in [-0.1, -0.05) is 18.2 Å². The van der Waals surface area contributed by atoms with Crippen molar-refractivity contribution in [3.8, 4) is 0 Å². The van der Waals surface area contributed by atoms with E-state index in [1.165, 1.54) is 0 Å². The highest BCUT2D eigenvalue weighted by Gasteiger charge is 2.17. The highest BCUT2D eigenvalue weighted by molar-refractivity contribution is 6.00. The van der Waals surface area contributed by atoms with Gasteiger partial charge in [-0.3, -0.25) is 10.3 Å². The Morgan fingerprint density at radius 1 is 1.21 bits per heavy atom. The largest absolute Gasteiger partial charge is 0.444 e. The zero-order chi connectivity index (χ0) is 14.0. The van der Waals surface area contributed by atoms with E-state index in [0.29, 0.717) is 5.69 Å². The molecule has 0 atom stereocenters. The molecule has 0 spiro atoms. The first kappa shape index (κ1) is 13.3. The molecule has 100 valence electrons. The molecule has 1 aromatic heterocycles. The summed E-state index contributed by atoms with van der Waals surface area (Å²) in [5, 5.41) is 4.73. The number of pyridine rings is 1. The normalized spacial score (nSPS) is 11.4. The lowest BCUT2D eigenvalue weighted by atomic mass is 10.1. The molecule has 0 saturated carbocycles. The molecule has 1 N–H and O–H groups in total. The minimum absolute atomic E-state index is 0.469. The van der Waals surface area contributed by atoms with E-state index >= 15 is 0 Å². The van der Waals surface area contributed by atoms with Gasteiger partial charge in [0.15, 0.2) is 0 Å². The minimum Gasteiger partial charge on any atom is -0.444 e. The summed E-state index contributed by atoms with van der Waals surface area (Å²) in [6.45, 7) is 7.51. The maximum atomic E-state index is 11.8. The van der Waals surface area contributed by atoms with Crippen LogP contribution in [0, 0.1) is 6.92 Å². The van der Waals surface area contributed by atoms with Crippen LogP contribution in [0.1, 0.15) is 26.3 Å². The molecule has 0 radical (unpaired) electrons. The molecule has 2 aromatic rings. The van der Waals surface area contributed by atoms with Gasteiger partial charge in [0.1, 0.15) is 5.60 Å². The Hall–Kier alpha value is -2.10. The number of aromatic nitrogens is 1. The van der Waals surface area contributed by atoms with Crippen LogP contribution in [0.2, 0.25) is 0 Å². The van der Waals surface area contributed by atoms with Crippen molar-refractivity contribution in [2.24, 2.45) is 0 Å². The van der Waals surface area contributed by atoms with E-state index in [2.05, 4.69) is 10.3 Å². The lowest BCUT2D eigenvalue weighted by Crippen LogP contribution is -2.27. The SMILES string of the molecule is Cc1cccc2c(NC(=O)OC(C)(C)C)cncc12. The van der Waals surface area contributed by atoms with Gasteiger partial charge >= 0.3 is 6.09 Å². The van der Waals surface area contributed by atoms with Gasteiger partial charge < -0.3 is 4.74 Å². The summed E-state index contributed by atoms with van der Waals surface area (Å²) in [4.78, 5) is 15.9. The number of nitrogens with one attached hydrogen (secondary N) is 1. The van der Waals surface area contributed by atoms with E-state index in [4.69, 9.17) is 4.74 Å². The number of fused-ring (bicyclic) bond motifs is 1. The van der Waals surface area contributed by atoms with Crippen LogP contribution in [0.3, 0.4) is 0 Å². The minimum atomic E-state index is -0.516. The van der Waals surface area contributed by atoms with Crippen molar-refractivity contribution in [1.82, 2.24) is 4.98 Å². The topological polar surface area (TPSA) is 51.2 Å². The average molecular weight is 258 g/mol. The van der Waals surface area contributed by atoms with Gasteiger partial charge in [-0.25, -0.2) is 4.79 Å². The first-order valence-electron chi connectivity index (χ1n) is 6.20. The molecule has 0 aliphatic rings. The van der Waals surface area contributed by atoms with Crippen molar-refractivity contribution in [3.05, 3.63) is 36.2 Å². The van der Waals surface area contributed by atoms with Crippen LogP contribution < -0.4 is 5.32 Å². The van der Waals surface area contributed by atoms with Crippen LogP contribution in [0.4, 0.5) is 10.5 Å². The summed E-state index contributed by atoms with van der Waals surface area (Å²) in [5.41, 5.74) is 1.27. The quantitative estimate of drug-likeness (QED) is 0.844. The number of nitrogens with zero attached hydrogens (tertiary/aromatic N) is 1. The van der Waals surface area contributed by atoms with Crippen molar-refractivity contribution in [1.29, 1.82) is 0 Å². The highest BCUT2D eigenvalue weighted by Crippen LogP contribution is 2.24. The molecule has 0 saturated heterocycles. The van der Waals surface area contributed by atoms with Gasteiger partial charge in [0.25, 0.3) is 0 Å². The smallest absolute Gasteiger partial charge is 0.412 e. The number of anilines is 1. The van der Waals surface area contributed by atoms with Crippen molar-refractivity contribution < 1.29 is 9.53 Å². The predicted molar refractivity (Wildman–Crippen MR) is 76.3 cm³/mol. The Labute approximate surface area is 112 Å². The van der Waals surface area contributed by atoms with Crippen LogP contribution in [-0.4, -0.2) is 16.7 Å². The molecule has 0 bridgehead atoms. The van der Waals surface area contributed by atoms with Crippen molar-refractivity contribution in [2.45, 2.75) is 33.3 Å². The number of carbonyl (C=O) groups excluding carboxylic acids is 1. The fourth-order valence-electron chi connectivity index (χ4n) is 1.86.